The van der Waals surface area contributed by atoms with E-state index in [4.69, 9.17) is 0 Å². The average molecular weight is 436 g/mol. The predicted molar refractivity (Wildman–Crippen MR) is 108 cm³/mol. The molecule has 1 saturated heterocycles. The predicted octanol–water partition coefficient (Wildman–Crippen LogP) is 2.44. The number of carbonyl (C=O) groups excluding carboxylic acids is 1. The molecule has 1 aliphatic heterocycles. The number of sulfonamides is 1. The molecule has 2 atom stereocenters. The molecule has 6 nitrogen and oxygen atoms in total. The molecule has 2 aromatic rings. The highest BCUT2D eigenvalue weighted by Gasteiger charge is 2.28. The molecule has 1 aliphatic rings. The van der Waals surface area contributed by atoms with Crippen molar-refractivity contribution < 1.29 is 13.2 Å². The van der Waals surface area contributed by atoms with Crippen molar-refractivity contribution in [1.82, 2.24) is 15.4 Å². The van der Waals surface area contributed by atoms with Gasteiger partial charge in [0.15, 0.2) is 0 Å². The summed E-state index contributed by atoms with van der Waals surface area (Å²) in [6, 6.07) is 5.24. The summed E-state index contributed by atoms with van der Waals surface area (Å²) in [5.74, 6) is 0.0363. The summed E-state index contributed by atoms with van der Waals surface area (Å²) < 4.78 is 27.7. The Morgan fingerprint density at radius 1 is 1.31 bits per heavy atom. The van der Waals surface area contributed by atoms with Crippen molar-refractivity contribution in [3.05, 3.63) is 38.7 Å². The van der Waals surface area contributed by atoms with E-state index in [1.54, 1.807) is 5.38 Å². The van der Waals surface area contributed by atoms with Crippen LogP contribution in [0.4, 0.5) is 0 Å². The summed E-state index contributed by atoms with van der Waals surface area (Å²) in [6.45, 7) is 3.97. The van der Waals surface area contributed by atoms with Gasteiger partial charge in [-0.25, -0.2) is 13.1 Å². The molecular formula is C16H22ClN3O3S3. The van der Waals surface area contributed by atoms with Crippen molar-refractivity contribution in [3.8, 4) is 0 Å². The topological polar surface area (TPSA) is 87.3 Å². The quantitative estimate of drug-likeness (QED) is 0.650. The largest absolute Gasteiger partial charge is 0.347 e. The third-order valence-electron chi connectivity index (χ3n) is 4.29. The first-order valence-electron chi connectivity index (χ1n) is 8.08. The zero-order valence-electron chi connectivity index (χ0n) is 14.2. The van der Waals surface area contributed by atoms with Crippen molar-refractivity contribution in [1.29, 1.82) is 0 Å². The normalized spacial score (nSPS) is 20.3. The minimum Gasteiger partial charge on any atom is -0.347 e. The second kappa shape index (κ2) is 9.29. The monoisotopic (exact) mass is 435 g/mol. The van der Waals surface area contributed by atoms with Gasteiger partial charge < -0.3 is 10.6 Å². The SMILES string of the molecule is CC1CCNCC1NC(=O)c1sccc1S(=O)(=O)NCc1cccs1.Cl. The Labute approximate surface area is 167 Å². The van der Waals surface area contributed by atoms with E-state index in [1.807, 2.05) is 17.5 Å². The van der Waals surface area contributed by atoms with Gasteiger partial charge in [-0.15, -0.1) is 35.1 Å². The van der Waals surface area contributed by atoms with Crippen molar-refractivity contribution in [2.75, 3.05) is 13.1 Å². The molecule has 0 bridgehead atoms. The Hall–Kier alpha value is -0.970. The smallest absolute Gasteiger partial charge is 0.263 e. The maximum atomic E-state index is 12.6. The lowest BCUT2D eigenvalue weighted by molar-refractivity contribution is 0.0916. The fraction of sp³-hybridized carbons (Fsp3) is 0.438. The third kappa shape index (κ3) is 5.05. The molecule has 10 heteroatoms. The van der Waals surface area contributed by atoms with Gasteiger partial charge in [0.25, 0.3) is 5.91 Å². The Bertz CT molecular complexity index is 821. The van der Waals surface area contributed by atoms with E-state index < -0.39 is 10.0 Å². The van der Waals surface area contributed by atoms with Gasteiger partial charge in [0, 0.05) is 24.0 Å². The molecule has 2 aromatic heterocycles. The molecule has 1 amide bonds. The lowest BCUT2D eigenvalue weighted by Gasteiger charge is -2.30. The summed E-state index contributed by atoms with van der Waals surface area (Å²) in [4.78, 5) is 13.8. The number of piperidine rings is 1. The molecule has 26 heavy (non-hydrogen) atoms. The minimum absolute atomic E-state index is 0. The van der Waals surface area contributed by atoms with Gasteiger partial charge in [0.2, 0.25) is 10.0 Å². The average Bonchev–Trinajstić information content (AvgIpc) is 3.27. The number of hydrogen-bond donors (Lipinski definition) is 3. The van der Waals surface area contributed by atoms with Crippen molar-refractivity contribution in [2.45, 2.75) is 30.8 Å². The van der Waals surface area contributed by atoms with Crippen LogP contribution in [-0.4, -0.2) is 33.5 Å². The van der Waals surface area contributed by atoms with Crippen LogP contribution in [-0.2, 0) is 16.6 Å². The molecule has 0 spiro atoms. The highest BCUT2D eigenvalue weighted by atomic mass is 35.5. The van der Waals surface area contributed by atoms with Gasteiger partial charge in [-0.05, 0) is 41.8 Å². The molecule has 2 unspecified atom stereocenters. The maximum absolute atomic E-state index is 12.6. The summed E-state index contributed by atoms with van der Waals surface area (Å²) in [7, 11) is -3.73. The first-order valence-corrected chi connectivity index (χ1v) is 11.3. The fourth-order valence-electron chi connectivity index (χ4n) is 2.75. The van der Waals surface area contributed by atoms with Crippen molar-refractivity contribution >= 4 is 51.0 Å². The van der Waals surface area contributed by atoms with E-state index >= 15 is 0 Å². The van der Waals surface area contributed by atoms with E-state index in [0.29, 0.717) is 12.5 Å². The summed E-state index contributed by atoms with van der Waals surface area (Å²) >= 11 is 2.63. The standard InChI is InChI=1S/C16H21N3O3S3.ClH/c1-11-4-6-17-10-13(11)19-16(20)15-14(5-8-24-15)25(21,22)18-9-12-3-2-7-23-12;/h2-3,5,7-8,11,13,17-18H,4,6,9-10H2,1H3,(H,19,20);1H. The van der Waals surface area contributed by atoms with Crippen molar-refractivity contribution in [2.24, 2.45) is 5.92 Å². The first-order chi connectivity index (χ1) is 12.0. The lowest BCUT2D eigenvalue weighted by Crippen LogP contribution is -2.50. The molecule has 144 valence electrons. The molecule has 1 fully saturated rings. The van der Waals surface area contributed by atoms with Crippen molar-refractivity contribution in [3.63, 3.8) is 0 Å². The number of nitrogens with one attached hydrogen (secondary N) is 3. The summed E-state index contributed by atoms with van der Waals surface area (Å²) in [5.41, 5.74) is 0. The van der Waals surface area contributed by atoms with Gasteiger partial charge in [0.05, 0.1) is 0 Å². The minimum atomic E-state index is -3.73. The second-order valence-corrected chi connectivity index (χ2v) is 9.75. The van der Waals surface area contributed by atoms with Crippen LogP contribution in [0.15, 0.2) is 33.9 Å². The van der Waals surface area contributed by atoms with Crippen LogP contribution < -0.4 is 15.4 Å². The van der Waals surface area contributed by atoms with E-state index in [2.05, 4.69) is 22.3 Å². The van der Waals surface area contributed by atoms with Gasteiger partial charge in [0.1, 0.15) is 9.77 Å². The first kappa shape index (κ1) is 21.3. The fourth-order valence-corrected chi connectivity index (χ4v) is 5.82. The second-order valence-electron chi connectivity index (χ2n) is 6.07. The van der Waals surface area contributed by atoms with Crippen LogP contribution in [0.3, 0.4) is 0 Å². The molecule has 3 N–H and O–H groups in total. The molecule has 0 aliphatic carbocycles. The number of rotatable bonds is 6. The lowest BCUT2D eigenvalue weighted by atomic mass is 9.95. The van der Waals surface area contributed by atoms with Crippen LogP contribution in [0.5, 0.6) is 0 Å². The summed E-state index contributed by atoms with van der Waals surface area (Å²) in [5, 5.41) is 9.76. The van der Waals surface area contributed by atoms with Gasteiger partial charge in [-0.1, -0.05) is 13.0 Å². The summed E-state index contributed by atoms with van der Waals surface area (Å²) in [6.07, 6.45) is 0.989. The van der Waals surface area contributed by atoms with Gasteiger partial charge >= 0.3 is 0 Å². The number of amides is 1. The van der Waals surface area contributed by atoms with E-state index in [-0.39, 0.29) is 40.7 Å². The highest BCUT2D eigenvalue weighted by Crippen LogP contribution is 2.23. The zero-order valence-corrected chi connectivity index (χ0v) is 17.5. The molecule has 3 heterocycles. The van der Waals surface area contributed by atoms with E-state index in [0.717, 1.165) is 29.2 Å². The van der Waals surface area contributed by atoms with Gasteiger partial charge in [-0.3, -0.25) is 4.79 Å². The van der Waals surface area contributed by atoms with E-state index in [9.17, 15) is 13.2 Å². The highest BCUT2D eigenvalue weighted by molar-refractivity contribution is 7.89. The number of carbonyl (C=O) groups is 1. The Morgan fingerprint density at radius 3 is 2.81 bits per heavy atom. The van der Waals surface area contributed by atoms with Crippen LogP contribution in [0, 0.1) is 5.92 Å². The van der Waals surface area contributed by atoms with E-state index in [1.165, 1.54) is 17.4 Å². The maximum Gasteiger partial charge on any atom is 0.263 e. The molecule has 0 radical (unpaired) electrons. The Kier molecular flexibility index (Phi) is 7.63. The molecule has 0 saturated carbocycles. The Morgan fingerprint density at radius 2 is 2.12 bits per heavy atom. The van der Waals surface area contributed by atoms with Gasteiger partial charge in [-0.2, -0.15) is 0 Å². The number of halogens is 1. The third-order valence-corrected chi connectivity index (χ3v) is 7.65. The van der Waals surface area contributed by atoms with Crippen LogP contribution in [0.25, 0.3) is 0 Å². The Balaban J connectivity index is 0.00000243. The van der Waals surface area contributed by atoms with Crippen LogP contribution in [0.1, 0.15) is 27.9 Å². The van der Waals surface area contributed by atoms with Crippen LogP contribution >= 0.6 is 35.1 Å². The molecular weight excluding hydrogens is 414 g/mol. The zero-order chi connectivity index (χ0) is 17.9. The van der Waals surface area contributed by atoms with Crippen LogP contribution in [0.2, 0.25) is 0 Å². The molecule has 3 rings (SSSR count). The number of thiophene rings is 2. The molecule has 0 aromatic carbocycles. The number of hydrogen-bond acceptors (Lipinski definition) is 6.